The van der Waals surface area contributed by atoms with Crippen LogP contribution >= 0.6 is 11.8 Å². The normalized spacial score (nSPS) is 25.6. The van der Waals surface area contributed by atoms with Gasteiger partial charge in [0.05, 0.1) is 9.29 Å². The highest BCUT2D eigenvalue weighted by atomic mass is 79.9. The molecular formula is C22H24BrNS. The Balaban J connectivity index is 0.00000210. The van der Waals surface area contributed by atoms with E-state index in [1.54, 1.807) is 11.8 Å². The summed E-state index contributed by atoms with van der Waals surface area (Å²) in [7, 11) is 0. The van der Waals surface area contributed by atoms with Gasteiger partial charge in [-0.15, -0.1) is 11.8 Å². The smallest absolute Gasteiger partial charge is 0.120 e. The molecule has 25 heavy (non-hydrogen) atoms. The van der Waals surface area contributed by atoms with Crippen LogP contribution in [0, 0.1) is 0 Å². The minimum Gasteiger partial charge on any atom is -1.00 e. The van der Waals surface area contributed by atoms with Crippen LogP contribution in [0.1, 0.15) is 38.3 Å². The molecule has 0 N–H and O–H groups in total. The average Bonchev–Trinajstić information content (AvgIpc) is 3.13. The van der Waals surface area contributed by atoms with Crippen molar-refractivity contribution in [1.29, 1.82) is 0 Å². The monoisotopic (exact) mass is 415 g/mol. The first-order chi connectivity index (χ1) is 12.5. The number of hydrogen-bond donors (Lipinski definition) is 0. The molecule has 0 bridgehead atoms. The lowest BCUT2D eigenvalue weighted by Crippen LogP contribution is -3.00. The van der Waals surface area contributed by atoms with Crippen LogP contribution in [0.15, 0.2) is 72.3 Å². The summed E-state index contributed by atoms with van der Waals surface area (Å²) < 4.78 is 17.8. The van der Waals surface area contributed by atoms with E-state index in [0.717, 1.165) is 30.5 Å². The summed E-state index contributed by atoms with van der Waals surface area (Å²) >= 11 is 1.74. The van der Waals surface area contributed by atoms with Crippen LogP contribution in [0.25, 0.3) is 5.57 Å². The molecule has 2 atom stereocenters. The van der Waals surface area contributed by atoms with Gasteiger partial charge in [-0.3, -0.25) is 4.48 Å². The molecule has 0 radical (unpaired) electrons. The van der Waals surface area contributed by atoms with Crippen LogP contribution in [-0.4, -0.2) is 23.8 Å². The number of rotatable bonds is 4. The maximum Gasteiger partial charge on any atom is 0.120 e. The van der Waals surface area contributed by atoms with Gasteiger partial charge in [-0.25, -0.2) is 0 Å². The molecule has 4 rings (SSSR count). The van der Waals surface area contributed by atoms with Crippen molar-refractivity contribution < 1.29 is 24.2 Å². The summed E-state index contributed by atoms with van der Waals surface area (Å²) in [6, 6.07) is 17.3. The maximum absolute atomic E-state index is 8.72. The van der Waals surface area contributed by atoms with Crippen molar-refractivity contribution in [3.63, 3.8) is 0 Å². The summed E-state index contributed by atoms with van der Waals surface area (Å²) in [5, 5.41) is 0. The summed E-state index contributed by atoms with van der Waals surface area (Å²) in [6.45, 7) is 3.14. The van der Waals surface area contributed by atoms with Crippen LogP contribution in [-0.2, 0) is 0 Å². The minimum absolute atomic E-state index is 0. The summed E-state index contributed by atoms with van der Waals surface area (Å²) in [6.07, 6.45) is 7.79. The first-order valence-corrected chi connectivity index (χ1v) is 9.72. The zero-order valence-corrected chi connectivity index (χ0v) is 16.8. The van der Waals surface area contributed by atoms with Crippen LogP contribution in [0.5, 0.6) is 0 Å². The predicted molar refractivity (Wildman–Crippen MR) is 104 cm³/mol. The second kappa shape index (κ2) is 7.53. The van der Waals surface area contributed by atoms with Crippen molar-refractivity contribution in [2.24, 2.45) is 0 Å². The van der Waals surface area contributed by atoms with Gasteiger partial charge in [-0.2, -0.15) is 0 Å². The quantitative estimate of drug-likeness (QED) is 0.420. The highest BCUT2D eigenvalue weighted by molar-refractivity contribution is 7.98. The highest BCUT2D eigenvalue weighted by Crippen LogP contribution is 2.48. The molecule has 2 heterocycles. The van der Waals surface area contributed by atoms with Gasteiger partial charge < -0.3 is 17.0 Å². The molecule has 0 aromatic heterocycles. The molecule has 130 valence electrons. The van der Waals surface area contributed by atoms with Gasteiger partial charge in [0.2, 0.25) is 0 Å². The number of benzene rings is 2. The van der Waals surface area contributed by atoms with Gasteiger partial charge in [0.25, 0.3) is 0 Å². The Bertz CT molecular complexity index is 878. The summed E-state index contributed by atoms with van der Waals surface area (Å²) in [4.78, 5) is 1.24. The molecule has 1 nitrogen and oxygen atoms in total. The number of fused-ring (bicyclic) bond motifs is 3. The van der Waals surface area contributed by atoms with E-state index in [1.807, 2.05) is 0 Å². The topological polar surface area (TPSA) is 0 Å². The molecule has 1 saturated heterocycles. The van der Waals surface area contributed by atoms with E-state index in [4.69, 9.17) is 2.74 Å². The fourth-order valence-corrected chi connectivity index (χ4v) is 4.59. The van der Waals surface area contributed by atoms with Gasteiger partial charge in [-0.1, -0.05) is 43.0 Å². The Kier molecular flexibility index (Phi) is 4.79. The van der Waals surface area contributed by atoms with Crippen LogP contribution in [0.4, 0.5) is 0 Å². The molecule has 2 aliphatic heterocycles. The Morgan fingerprint density at radius 1 is 1.24 bits per heavy atom. The van der Waals surface area contributed by atoms with Gasteiger partial charge in [0.15, 0.2) is 0 Å². The number of thioether (sulfide) groups is 1. The van der Waals surface area contributed by atoms with Gasteiger partial charge in [0.1, 0.15) is 18.7 Å². The van der Waals surface area contributed by atoms with Crippen LogP contribution < -0.4 is 17.0 Å². The first kappa shape index (κ1) is 15.9. The van der Waals surface area contributed by atoms with Crippen LogP contribution in [0.2, 0.25) is 0 Å². The summed E-state index contributed by atoms with van der Waals surface area (Å²) in [5.41, 5.74) is 4.79. The number of hydrogen-bond acceptors (Lipinski definition) is 1. The number of halogens is 1. The summed E-state index contributed by atoms with van der Waals surface area (Å²) in [5.74, 6) is 0. The van der Waals surface area contributed by atoms with E-state index in [0.29, 0.717) is 4.48 Å². The van der Waals surface area contributed by atoms with Gasteiger partial charge in [0, 0.05) is 28.9 Å². The van der Waals surface area contributed by atoms with Gasteiger partial charge >= 0.3 is 0 Å². The third kappa shape index (κ3) is 3.14. The second-order valence-electron chi connectivity index (χ2n) is 6.50. The zero-order valence-electron chi connectivity index (χ0n) is 16.4. The third-order valence-corrected chi connectivity index (χ3v) is 6.01. The van der Waals surface area contributed by atoms with Crippen molar-refractivity contribution in [3.8, 4) is 0 Å². The Morgan fingerprint density at radius 2 is 2.00 bits per heavy atom. The molecule has 0 amide bonds. The Hall–Kier alpha value is -1.29. The molecular weight excluding hydrogens is 390 g/mol. The van der Waals surface area contributed by atoms with E-state index in [9.17, 15) is 0 Å². The second-order valence-corrected chi connectivity index (χ2v) is 7.38. The minimum atomic E-state index is -1.49. The zero-order chi connectivity index (χ0) is 18.4. The fraction of sp³-hybridized carbons (Fsp3) is 0.273. The Labute approximate surface area is 168 Å². The Morgan fingerprint density at radius 3 is 2.72 bits per heavy atom. The molecule has 1 fully saturated rings. The molecule has 0 aliphatic carbocycles. The van der Waals surface area contributed by atoms with Crippen molar-refractivity contribution in [3.05, 3.63) is 84.1 Å². The third-order valence-electron chi connectivity index (χ3n) is 5.26. The highest BCUT2D eigenvalue weighted by Gasteiger charge is 2.45. The van der Waals surface area contributed by atoms with E-state index < -0.39 is 6.50 Å². The largest absolute Gasteiger partial charge is 1.00 e. The number of quaternary nitrogens is 1. The van der Waals surface area contributed by atoms with Crippen LogP contribution in [0.3, 0.4) is 0 Å². The van der Waals surface area contributed by atoms with E-state index >= 15 is 0 Å². The molecule has 3 heteroatoms. The molecule has 2 aliphatic rings. The van der Waals surface area contributed by atoms with E-state index in [-0.39, 0.29) is 23.0 Å². The standard InChI is InChI=1S/C22H24NS.BrH/c1-3-14-23-15-6-9-22(23)20-8-5-4-7-19(20)21(16-23)17-10-12-18(24-2)13-11-17;/h3-5,7-8,10-13,16,22H,1,6,9,14-15H2,2H3;1H/q+1;/p-1/t22-,23+;/m1./s1/i14D2;. The van der Waals surface area contributed by atoms with Crippen molar-refractivity contribution in [1.82, 2.24) is 0 Å². The number of nitrogens with zero attached hydrogens (tertiary/aromatic N) is 1. The first-order valence-electron chi connectivity index (χ1n) is 9.50. The SMILES string of the molecule is [2H]C([2H])(C=C)[N@+]12C=C(c3ccc(SC)cc3)c3ccccc3[C@H]1CCC2.[Br-]. The molecule has 0 spiro atoms. The molecule has 2 aromatic rings. The molecule has 2 aromatic carbocycles. The molecule has 0 saturated carbocycles. The van der Waals surface area contributed by atoms with E-state index in [1.165, 1.54) is 22.1 Å². The lowest BCUT2D eigenvalue weighted by atomic mass is 9.86. The maximum atomic E-state index is 8.72. The van der Waals surface area contributed by atoms with Crippen molar-refractivity contribution in [2.45, 2.75) is 23.8 Å². The van der Waals surface area contributed by atoms with Gasteiger partial charge in [-0.05, 0) is 35.6 Å². The lowest BCUT2D eigenvalue weighted by molar-refractivity contribution is -0.891. The van der Waals surface area contributed by atoms with E-state index in [2.05, 4.69) is 67.6 Å². The van der Waals surface area contributed by atoms with Crippen molar-refractivity contribution in [2.75, 3.05) is 19.3 Å². The fourth-order valence-electron chi connectivity index (χ4n) is 4.19. The lowest BCUT2D eigenvalue weighted by Gasteiger charge is -2.41. The van der Waals surface area contributed by atoms with Crippen molar-refractivity contribution >= 4 is 17.3 Å². The molecule has 0 unspecified atom stereocenters. The predicted octanol–water partition coefficient (Wildman–Crippen LogP) is 2.65. The average molecular weight is 416 g/mol.